The number of carbonyl (C=O) groups is 1. The minimum atomic E-state index is -0.417. The highest BCUT2D eigenvalue weighted by atomic mass is 79.9. The first-order chi connectivity index (χ1) is 14.2. The van der Waals surface area contributed by atoms with Crippen LogP contribution in [0.25, 0.3) is 0 Å². The topological polar surface area (TPSA) is 44.8 Å². The fourth-order valence-electron chi connectivity index (χ4n) is 2.27. The summed E-state index contributed by atoms with van der Waals surface area (Å²) in [6, 6.07) is 0. The third kappa shape index (κ3) is 21.5. The van der Waals surface area contributed by atoms with Gasteiger partial charge in [-0.25, -0.2) is 0 Å². The molecule has 0 N–H and O–H groups in total. The Balaban J connectivity index is 4.19. The number of carbonyl (C=O) groups excluding carboxylic acids is 1. The van der Waals surface area contributed by atoms with Crippen molar-refractivity contribution in [3.05, 3.63) is 0 Å². The summed E-state index contributed by atoms with van der Waals surface area (Å²) in [4.78, 5) is 11.9. The average Bonchev–Trinajstić information content (AvgIpc) is 2.73. The lowest BCUT2D eigenvalue weighted by molar-refractivity contribution is -0.157. The van der Waals surface area contributed by atoms with Gasteiger partial charge in [0.05, 0.1) is 26.2 Å². The van der Waals surface area contributed by atoms with Gasteiger partial charge in [0.2, 0.25) is 0 Å². The predicted octanol–water partition coefficient (Wildman–Crippen LogP) is 6.01. The van der Waals surface area contributed by atoms with Crippen molar-refractivity contribution < 1.29 is 19.0 Å². The van der Waals surface area contributed by atoms with E-state index in [4.69, 9.17) is 14.2 Å². The molecule has 0 aliphatic rings. The van der Waals surface area contributed by atoms with E-state index in [0.29, 0.717) is 45.5 Å². The monoisotopic (exact) mass is 470 g/mol. The van der Waals surface area contributed by atoms with Gasteiger partial charge in [-0.15, -0.1) is 23.7 Å². The van der Waals surface area contributed by atoms with Crippen LogP contribution in [0.4, 0.5) is 0 Å². The molecule has 0 radical (unpaired) electrons. The molecular weight excluding hydrogens is 432 g/mol. The van der Waals surface area contributed by atoms with Crippen LogP contribution < -0.4 is 0 Å². The van der Waals surface area contributed by atoms with Crippen LogP contribution in [-0.2, 0) is 19.0 Å². The Morgan fingerprint density at radius 2 is 1.34 bits per heavy atom. The van der Waals surface area contributed by atoms with Crippen LogP contribution >= 0.6 is 15.9 Å². The van der Waals surface area contributed by atoms with Crippen LogP contribution in [0.15, 0.2) is 0 Å². The molecule has 0 saturated carbocycles. The summed E-state index contributed by atoms with van der Waals surface area (Å²) in [7, 11) is 0. The maximum atomic E-state index is 11.9. The van der Waals surface area contributed by atoms with Crippen molar-refractivity contribution in [3.63, 3.8) is 0 Å². The maximum absolute atomic E-state index is 11.9. The largest absolute Gasteiger partial charge is 0.466 e. The molecule has 0 amide bonds. The SMILES string of the molecule is CCCCC#CCCOC(CCC(=O)OCCCCBr)OCCC#CCCCC. The minimum absolute atomic E-state index is 0.199. The van der Waals surface area contributed by atoms with Crippen molar-refractivity contribution in [1.29, 1.82) is 0 Å². The van der Waals surface area contributed by atoms with Crippen LogP contribution in [0.5, 0.6) is 0 Å². The molecule has 0 saturated heterocycles. The zero-order chi connectivity index (χ0) is 21.4. The molecule has 166 valence electrons. The fraction of sp³-hybridized carbons (Fsp3) is 0.792. The molecule has 0 fully saturated rings. The van der Waals surface area contributed by atoms with E-state index < -0.39 is 6.29 Å². The van der Waals surface area contributed by atoms with Crippen LogP contribution in [0.1, 0.15) is 90.9 Å². The molecule has 0 atom stereocenters. The van der Waals surface area contributed by atoms with Gasteiger partial charge in [-0.1, -0.05) is 42.6 Å². The highest BCUT2D eigenvalue weighted by Crippen LogP contribution is 2.08. The second kappa shape index (κ2) is 23.3. The summed E-state index contributed by atoms with van der Waals surface area (Å²) >= 11 is 3.37. The summed E-state index contributed by atoms with van der Waals surface area (Å²) in [5.74, 6) is 12.4. The van der Waals surface area contributed by atoms with Crippen LogP contribution in [0.2, 0.25) is 0 Å². The number of hydrogen-bond acceptors (Lipinski definition) is 4. The van der Waals surface area contributed by atoms with Gasteiger partial charge in [0.25, 0.3) is 0 Å². The Bertz CT molecular complexity index is 466. The Labute approximate surface area is 187 Å². The molecule has 4 nitrogen and oxygen atoms in total. The molecular formula is C24H39BrO4. The van der Waals surface area contributed by atoms with Crippen LogP contribution in [0, 0.1) is 23.7 Å². The van der Waals surface area contributed by atoms with Crippen molar-refractivity contribution in [2.75, 3.05) is 25.2 Å². The molecule has 0 bridgehead atoms. The molecule has 0 spiro atoms. The number of esters is 1. The Hall–Kier alpha value is -1.01. The quantitative estimate of drug-likeness (QED) is 0.0857. The van der Waals surface area contributed by atoms with E-state index in [1.165, 1.54) is 0 Å². The van der Waals surface area contributed by atoms with Gasteiger partial charge in [0.15, 0.2) is 6.29 Å². The van der Waals surface area contributed by atoms with Gasteiger partial charge in [0.1, 0.15) is 0 Å². The zero-order valence-electron chi connectivity index (χ0n) is 18.4. The molecule has 0 aromatic carbocycles. The average molecular weight is 471 g/mol. The van der Waals surface area contributed by atoms with E-state index in [2.05, 4.69) is 53.5 Å². The standard InChI is InChI=1S/C24H39BrO4/c1-3-5-7-9-11-14-21-28-24(29-22-15-12-10-8-6-4-2)18-17-23(26)27-20-16-13-19-25/h24H,3-8,13-22H2,1-2H3. The molecule has 0 unspecified atom stereocenters. The summed E-state index contributed by atoms with van der Waals surface area (Å²) < 4.78 is 16.8. The number of unbranched alkanes of at least 4 members (excludes halogenated alkanes) is 5. The summed E-state index contributed by atoms with van der Waals surface area (Å²) in [5.41, 5.74) is 0. The lowest BCUT2D eigenvalue weighted by atomic mass is 10.2. The molecule has 0 aliphatic carbocycles. The number of hydrogen-bond donors (Lipinski definition) is 0. The third-order valence-corrected chi connectivity index (χ3v) is 4.56. The second-order valence-electron chi connectivity index (χ2n) is 6.74. The normalized spacial score (nSPS) is 10.2. The maximum Gasteiger partial charge on any atom is 0.305 e. The first-order valence-electron chi connectivity index (χ1n) is 11.1. The van der Waals surface area contributed by atoms with Gasteiger partial charge in [-0.05, 0) is 25.7 Å². The Morgan fingerprint density at radius 3 is 1.86 bits per heavy atom. The van der Waals surface area contributed by atoms with Crippen molar-refractivity contribution in [3.8, 4) is 23.7 Å². The molecule has 0 aromatic rings. The number of rotatable bonds is 17. The van der Waals surface area contributed by atoms with Crippen LogP contribution in [0.3, 0.4) is 0 Å². The number of alkyl halides is 1. The Kier molecular flexibility index (Phi) is 22.5. The zero-order valence-corrected chi connectivity index (χ0v) is 20.0. The minimum Gasteiger partial charge on any atom is -0.466 e. The van der Waals surface area contributed by atoms with E-state index in [9.17, 15) is 4.79 Å². The van der Waals surface area contributed by atoms with E-state index in [-0.39, 0.29) is 5.97 Å². The highest BCUT2D eigenvalue weighted by molar-refractivity contribution is 9.09. The summed E-state index contributed by atoms with van der Waals surface area (Å²) in [5, 5.41) is 0.928. The molecule has 0 heterocycles. The van der Waals surface area contributed by atoms with E-state index >= 15 is 0 Å². The molecule has 0 rings (SSSR count). The number of ether oxygens (including phenoxy) is 3. The van der Waals surface area contributed by atoms with Gasteiger partial charge in [-0.3, -0.25) is 4.79 Å². The van der Waals surface area contributed by atoms with Crippen molar-refractivity contribution in [2.45, 2.75) is 97.2 Å². The van der Waals surface area contributed by atoms with Gasteiger partial charge in [-0.2, -0.15) is 0 Å². The fourth-order valence-corrected chi connectivity index (χ4v) is 2.67. The van der Waals surface area contributed by atoms with E-state index in [1.807, 2.05) is 0 Å². The lowest BCUT2D eigenvalue weighted by Gasteiger charge is -2.17. The van der Waals surface area contributed by atoms with E-state index in [0.717, 1.165) is 56.7 Å². The second-order valence-corrected chi connectivity index (χ2v) is 7.53. The van der Waals surface area contributed by atoms with Crippen LogP contribution in [-0.4, -0.2) is 37.4 Å². The number of halogens is 1. The smallest absolute Gasteiger partial charge is 0.305 e. The van der Waals surface area contributed by atoms with E-state index in [1.54, 1.807) is 0 Å². The first-order valence-corrected chi connectivity index (χ1v) is 12.2. The molecule has 29 heavy (non-hydrogen) atoms. The summed E-state index contributed by atoms with van der Waals surface area (Å²) in [6.07, 6.45) is 10.1. The Morgan fingerprint density at radius 1 is 0.793 bits per heavy atom. The highest BCUT2D eigenvalue weighted by Gasteiger charge is 2.13. The third-order valence-electron chi connectivity index (χ3n) is 4.00. The van der Waals surface area contributed by atoms with Crippen molar-refractivity contribution in [1.82, 2.24) is 0 Å². The van der Waals surface area contributed by atoms with Gasteiger partial charge >= 0.3 is 5.97 Å². The molecule has 5 heteroatoms. The van der Waals surface area contributed by atoms with Gasteiger partial charge in [0, 0.05) is 37.4 Å². The molecule has 0 aromatic heterocycles. The summed E-state index contributed by atoms with van der Waals surface area (Å²) in [6.45, 7) is 5.80. The lowest BCUT2D eigenvalue weighted by Crippen LogP contribution is -2.20. The first kappa shape index (κ1) is 28.0. The van der Waals surface area contributed by atoms with Gasteiger partial charge < -0.3 is 14.2 Å². The van der Waals surface area contributed by atoms with Crippen molar-refractivity contribution in [2.24, 2.45) is 0 Å². The molecule has 0 aliphatic heterocycles. The predicted molar refractivity (Wildman–Crippen MR) is 123 cm³/mol. The van der Waals surface area contributed by atoms with Crippen molar-refractivity contribution >= 4 is 21.9 Å².